The van der Waals surface area contributed by atoms with E-state index in [2.05, 4.69) is 34.4 Å². The number of nitrogens with two attached hydrogens (primary N) is 1. The smallest absolute Gasteiger partial charge is 0.481 e. The Kier molecular flexibility index (Phi) is 16.6. The van der Waals surface area contributed by atoms with Gasteiger partial charge < -0.3 is 61.1 Å². The largest absolute Gasteiger partial charge is 0.481 e. The molecule has 8 atom stereocenters. The van der Waals surface area contributed by atoms with Gasteiger partial charge in [-0.25, -0.2) is 28.6 Å². The number of carboxylic acids is 1. The summed E-state index contributed by atoms with van der Waals surface area (Å²) >= 11 is 0.590. The summed E-state index contributed by atoms with van der Waals surface area (Å²) in [6.07, 6.45) is -7.22. The number of carbonyl (C=O) groups is 4. The zero-order chi connectivity index (χ0) is 42.2. The number of anilines is 1. The van der Waals surface area contributed by atoms with Crippen LogP contribution in [-0.4, -0.2) is 145 Å². The van der Waals surface area contributed by atoms with Crippen LogP contribution in [0.25, 0.3) is 11.2 Å². The highest BCUT2D eigenvalue weighted by atomic mass is 32.2. The molecular formula is C25H40N7O20P3S. The highest BCUT2D eigenvalue weighted by molar-refractivity contribution is 8.13. The van der Waals surface area contributed by atoms with Crippen molar-refractivity contribution in [3.05, 3.63) is 12.7 Å². The molecule has 0 saturated carbocycles. The molecule has 1 aliphatic heterocycles. The van der Waals surface area contributed by atoms with E-state index in [1.165, 1.54) is 13.8 Å². The van der Waals surface area contributed by atoms with Crippen LogP contribution in [-0.2, 0) is 55.5 Å². The van der Waals surface area contributed by atoms with Gasteiger partial charge in [0.15, 0.2) is 17.7 Å². The fourth-order valence-corrected chi connectivity index (χ4v) is 8.25. The molecule has 0 bridgehead atoms. The van der Waals surface area contributed by atoms with Gasteiger partial charge >= 0.3 is 29.4 Å². The number of carboxylic acid groups (broad SMARTS) is 1. The summed E-state index contributed by atoms with van der Waals surface area (Å²) in [4.78, 5) is 97.9. The Morgan fingerprint density at radius 3 is 2.34 bits per heavy atom. The molecule has 2 aromatic rings. The lowest BCUT2D eigenvalue weighted by Gasteiger charge is -2.30. The number of nitrogen functional groups attached to an aromatic ring is 1. The van der Waals surface area contributed by atoms with E-state index in [0.717, 1.165) is 17.2 Å². The van der Waals surface area contributed by atoms with Gasteiger partial charge in [-0.15, -0.1) is 0 Å². The van der Waals surface area contributed by atoms with Crippen molar-refractivity contribution in [2.75, 3.05) is 44.4 Å². The fourth-order valence-electron chi connectivity index (χ4n) is 4.64. The number of hydrogen-bond donors (Lipinski definition) is 11. The maximum Gasteiger partial charge on any atom is 0.481 e. The summed E-state index contributed by atoms with van der Waals surface area (Å²) < 4.78 is 61.9. The van der Waals surface area contributed by atoms with Gasteiger partial charge in [-0.3, -0.25) is 37.3 Å². The molecule has 1 saturated heterocycles. The maximum atomic E-state index is 12.6. The summed E-state index contributed by atoms with van der Waals surface area (Å²) in [5, 5.41) is 43.0. The first-order valence-corrected chi connectivity index (χ1v) is 21.3. The molecule has 4 unspecified atom stereocenters. The number of rotatable bonds is 22. The van der Waals surface area contributed by atoms with Crippen LogP contribution in [0.15, 0.2) is 12.7 Å². The second-order valence-corrected chi connectivity index (χ2v) is 17.6. The molecule has 0 aromatic carbocycles. The van der Waals surface area contributed by atoms with Gasteiger partial charge in [0.2, 0.25) is 16.9 Å². The lowest BCUT2D eigenvalue weighted by molar-refractivity contribution is -0.145. The number of fused-ring (bicyclic) bond motifs is 1. The van der Waals surface area contributed by atoms with Gasteiger partial charge in [0.1, 0.15) is 42.2 Å². The van der Waals surface area contributed by atoms with Crippen molar-refractivity contribution < 1.29 is 95.5 Å². The Balaban J connectivity index is 1.49. The summed E-state index contributed by atoms with van der Waals surface area (Å²) in [5.41, 5.74) is 4.16. The van der Waals surface area contributed by atoms with Crippen LogP contribution in [0.5, 0.6) is 0 Å². The minimum atomic E-state index is -5.60. The lowest BCUT2D eigenvalue weighted by atomic mass is 9.87. The first kappa shape index (κ1) is 47.4. The number of carbonyl (C=O) groups excluding carboxylic acids is 3. The topological polar surface area (TPSA) is 421 Å². The number of imidazole rings is 1. The zero-order valence-electron chi connectivity index (χ0n) is 29.2. The Labute approximate surface area is 319 Å². The minimum absolute atomic E-state index is 0.00394. The summed E-state index contributed by atoms with van der Waals surface area (Å²) in [6, 6.07) is 0. The second-order valence-electron chi connectivity index (χ2n) is 12.3. The van der Waals surface area contributed by atoms with Crippen LogP contribution in [0.3, 0.4) is 0 Å². The van der Waals surface area contributed by atoms with Crippen LogP contribution < -0.4 is 16.4 Å². The van der Waals surface area contributed by atoms with Crippen LogP contribution in [0, 0.1) is 11.3 Å². The molecule has 0 spiro atoms. The molecule has 12 N–H and O–H groups in total. The minimum Gasteiger partial charge on any atom is -0.481 e. The number of thioether (sulfide) groups is 1. The molecule has 2 aromatic heterocycles. The van der Waals surface area contributed by atoms with Gasteiger partial charge in [-0.1, -0.05) is 25.6 Å². The first-order valence-electron chi connectivity index (χ1n) is 15.8. The lowest BCUT2D eigenvalue weighted by Crippen LogP contribution is -2.46. The molecule has 3 heterocycles. The predicted molar refractivity (Wildman–Crippen MR) is 185 cm³/mol. The van der Waals surface area contributed by atoms with Crippen molar-refractivity contribution in [1.29, 1.82) is 0 Å². The molecule has 1 aliphatic rings. The highest BCUT2D eigenvalue weighted by Crippen LogP contribution is 2.61. The summed E-state index contributed by atoms with van der Waals surface area (Å²) in [6.45, 7) is -0.923. The third-order valence-corrected chi connectivity index (χ3v) is 11.6. The monoisotopic (exact) mass is 883 g/mol. The number of aliphatic hydroxyl groups excluding tert-OH is 3. The number of hydrogen-bond acceptors (Lipinski definition) is 20. The third kappa shape index (κ3) is 13.5. The number of aliphatic carboxylic acids is 1. The number of ether oxygens (including phenoxy) is 1. The summed E-state index contributed by atoms with van der Waals surface area (Å²) in [7, 11) is -16.5. The standard InChI is InChI=1S/C25H40N7O20P3S/c1-25(2,18(36)21(37)28-4-3-14(34)27-5-6-56-24(40)12(7-33)23(38)39)9-49-55(46,47)52-54(44,45)48-8-13-17(51-53(41,42)43)16(35)22(50-13)32-11-31-15-19(26)29-10-30-20(15)32/h10-13,16-18,22,33,35-36H,3-9H2,1-2H3,(H,27,34)(H,28,37)(H,38,39)(H,44,45)(H,46,47)(H2,26,29,30)(H2,41,42,43)/t12?,13-,16-,17-,18?,22-/m1/s1. The van der Waals surface area contributed by atoms with Crippen LogP contribution >= 0.6 is 35.2 Å². The number of aliphatic hydroxyl groups is 3. The molecule has 0 radical (unpaired) electrons. The van der Waals surface area contributed by atoms with Crippen molar-refractivity contribution >= 4 is 75.1 Å². The van der Waals surface area contributed by atoms with E-state index in [9.17, 15) is 62.7 Å². The molecule has 3 rings (SSSR count). The Hall–Kier alpha value is -3.01. The van der Waals surface area contributed by atoms with E-state index >= 15 is 0 Å². The Morgan fingerprint density at radius 1 is 1.05 bits per heavy atom. The third-order valence-electron chi connectivity index (χ3n) is 7.51. The fraction of sp³-hybridized carbons (Fsp3) is 0.640. The van der Waals surface area contributed by atoms with E-state index in [-0.39, 0.29) is 42.2 Å². The summed E-state index contributed by atoms with van der Waals surface area (Å²) in [5.74, 6) is -4.80. The number of nitrogens with one attached hydrogen (secondary N) is 2. The van der Waals surface area contributed by atoms with Gasteiger partial charge in [0.05, 0.1) is 26.1 Å². The number of phosphoric acid groups is 3. The highest BCUT2D eigenvalue weighted by Gasteiger charge is 2.50. The molecule has 0 aliphatic carbocycles. The SMILES string of the molecule is CC(C)(COP(=O)(O)OP(=O)(O)OC[C@H]1O[C@@H](n2cnc3c(N)ncnc32)[C@H](O)[C@@H]1OP(=O)(O)O)C(O)C(=O)NCCC(=O)NCCSC(=O)C(CO)C(=O)O. The molecule has 316 valence electrons. The average Bonchev–Trinajstić information content (AvgIpc) is 3.64. The zero-order valence-corrected chi connectivity index (χ0v) is 32.7. The quantitative estimate of drug-likeness (QED) is 0.0327. The molecule has 1 fully saturated rings. The first-order chi connectivity index (χ1) is 25.9. The van der Waals surface area contributed by atoms with Crippen LogP contribution in [0.4, 0.5) is 5.82 Å². The Morgan fingerprint density at radius 2 is 1.71 bits per heavy atom. The van der Waals surface area contributed by atoms with Gasteiger partial charge in [-0.2, -0.15) is 4.31 Å². The van der Waals surface area contributed by atoms with E-state index in [1.54, 1.807) is 0 Å². The van der Waals surface area contributed by atoms with Gasteiger partial charge in [0.25, 0.3) is 0 Å². The average molecular weight is 884 g/mol. The molecule has 2 amide bonds. The van der Waals surface area contributed by atoms with Crippen molar-refractivity contribution in [1.82, 2.24) is 30.2 Å². The van der Waals surface area contributed by atoms with E-state index < -0.39 is 108 Å². The number of phosphoric ester groups is 3. The normalized spacial score (nSPS) is 22.2. The maximum absolute atomic E-state index is 12.6. The number of nitrogens with zero attached hydrogens (tertiary/aromatic N) is 4. The molecular weight excluding hydrogens is 843 g/mol. The van der Waals surface area contributed by atoms with Gasteiger partial charge in [0, 0.05) is 30.7 Å². The second kappa shape index (κ2) is 19.6. The predicted octanol–water partition coefficient (Wildman–Crippen LogP) is -2.64. The number of amides is 2. The van der Waals surface area contributed by atoms with E-state index in [4.69, 9.17) is 29.7 Å². The van der Waals surface area contributed by atoms with Crippen molar-refractivity contribution in [2.45, 2.75) is 50.9 Å². The molecule has 56 heavy (non-hydrogen) atoms. The van der Waals surface area contributed by atoms with Crippen molar-refractivity contribution in [3.8, 4) is 0 Å². The van der Waals surface area contributed by atoms with Crippen LogP contribution in [0.1, 0.15) is 26.5 Å². The molecule has 27 nitrogen and oxygen atoms in total. The van der Waals surface area contributed by atoms with Crippen molar-refractivity contribution in [2.24, 2.45) is 11.3 Å². The van der Waals surface area contributed by atoms with Crippen molar-refractivity contribution in [3.63, 3.8) is 0 Å². The van der Waals surface area contributed by atoms with E-state index in [1.807, 2.05) is 0 Å². The Bertz CT molecular complexity index is 1880. The molecule has 31 heteroatoms. The number of aromatic nitrogens is 4. The van der Waals surface area contributed by atoms with Gasteiger partial charge in [-0.05, 0) is 0 Å². The van der Waals surface area contributed by atoms with E-state index in [0.29, 0.717) is 11.8 Å². The van der Waals surface area contributed by atoms with Crippen LogP contribution in [0.2, 0.25) is 0 Å².